The lowest BCUT2D eigenvalue weighted by atomic mass is 9.68. The molecule has 0 radical (unpaired) electrons. The summed E-state index contributed by atoms with van der Waals surface area (Å²) in [4.78, 5) is 11.1. The second-order valence-corrected chi connectivity index (χ2v) is 5.01. The fourth-order valence-corrected chi connectivity index (χ4v) is 3.11. The van der Waals surface area contributed by atoms with Gasteiger partial charge < -0.3 is 9.90 Å². The summed E-state index contributed by atoms with van der Waals surface area (Å²) in [5.74, 6) is -0.413. The highest BCUT2D eigenvalue weighted by Gasteiger charge is 2.57. The highest BCUT2D eigenvalue weighted by Crippen LogP contribution is 2.65. The number of aliphatic carboxylic acids is 1. The van der Waals surface area contributed by atoms with E-state index in [2.05, 4.69) is 20.4 Å². The van der Waals surface area contributed by atoms with Gasteiger partial charge in [-0.25, -0.2) is 0 Å². The van der Waals surface area contributed by atoms with E-state index in [9.17, 15) is 9.90 Å². The highest BCUT2D eigenvalue weighted by molar-refractivity contribution is 5.79. The van der Waals surface area contributed by atoms with Crippen molar-refractivity contribution >= 4 is 5.97 Å². The van der Waals surface area contributed by atoms with Crippen LogP contribution in [0.4, 0.5) is 0 Å². The van der Waals surface area contributed by atoms with Gasteiger partial charge in [0.1, 0.15) is 0 Å². The minimum absolute atomic E-state index is 0.00167. The van der Waals surface area contributed by atoms with Crippen LogP contribution in [0.15, 0.2) is 12.2 Å². The lowest BCUT2D eigenvalue weighted by Crippen LogP contribution is -2.42. The van der Waals surface area contributed by atoms with Crippen LogP contribution in [0.5, 0.6) is 0 Å². The maximum Gasteiger partial charge on any atom is 0.0517 e. The van der Waals surface area contributed by atoms with Gasteiger partial charge in [0.15, 0.2) is 0 Å². The van der Waals surface area contributed by atoms with Crippen molar-refractivity contribution in [3.63, 3.8) is 0 Å². The fourth-order valence-electron chi connectivity index (χ4n) is 3.11. The van der Waals surface area contributed by atoms with Gasteiger partial charge in [0, 0.05) is 5.41 Å². The first-order chi connectivity index (χ1) is 5.91. The Hall–Kier alpha value is -0.790. The number of fused-ring (bicyclic) bond motifs is 2. The van der Waals surface area contributed by atoms with Crippen molar-refractivity contribution in [1.29, 1.82) is 0 Å². The second-order valence-electron chi connectivity index (χ2n) is 5.01. The number of hydrogen-bond donors (Lipinski definition) is 0. The van der Waals surface area contributed by atoms with Gasteiger partial charge in [-0.3, -0.25) is 0 Å². The van der Waals surface area contributed by atoms with E-state index in [-0.39, 0.29) is 5.41 Å². The molecule has 2 atom stereocenters. The van der Waals surface area contributed by atoms with Gasteiger partial charge in [-0.15, -0.1) is 0 Å². The molecule has 2 aliphatic rings. The third-order valence-corrected chi connectivity index (χ3v) is 4.28. The van der Waals surface area contributed by atoms with E-state index < -0.39 is 11.4 Å². The predicted molar refractivity (Wildman–Crippen MR) is 47.7 cm³/mol. The summed E-state index contributed by atoms with van der Waals surface area (Å²) in [5, 5.41) is 11.1. The topological polar surface area (TPSA) is 40.1 Å². The molecular formula is C11H15O2-. The molecule has 2 nitrogen and oxygen atoms in total. The van der Waals surface area contributed by atoms with Gasteiger partial charge in [0.2, 0.25) is 0 Å². The lowest BCUT2D eigenvalue weighted by Gasteiger charge is -2.38. The first kappa shape index (κ1) is 8.79. The van der Waals surface area contributed by atoms with Crippen molar-refractivity contribution in [2.75, 3.05) is 0 Å². The Balaban J connectivity index is 2.46. The average Bonchev–Trinajstić information content (AvgIpc) is 2.53. The quantitative estimate of drug-likeness (QED) is 0.566. The third-order valence-electron chi connectivity index (χ3n) is 4.28. The number of carboxylic acid groups (broad SMARTS) is 1. The summed E-state index contributed by atoms with van der Waals surface area (Å²) in [5.41, 5.74) is 0.197. The largest absolute Gasteiger partial charge is 0.549 e. The first-order valence-electron chi connectivity index (χ1n) is 4.82. The van der Waals surface area contributed by atoms with Crippen LogP contribution in [-0.4, -0.2) is 5.97 Å². The molecule has 0 aromatic carbocycles. The average molecular weight is 179 g/mol. The molecular weight excluding hydrogens is 164 g/mol. The van der Waals surface area contributed by atoms with Crippen LogP contribution in [0.3, 0.4) is 0 Å². The van der Waals surface area contributed by atoms with Gasteiger partial charge in [-0.1, -0.05) is 26.0 Å². The molecule has 0 N–H and O–H groups in total. The summed E-state index contributed by atoms with van der Waals surface area (Å²) < 4.78 is 0. The van der Waals surface area contributed by atoms with Crippen LogP contribution in [0.2, 0.25) is 0 Å². The van der Waals surface area contributed by atoms with E-state index >= 15 is 0 Å². The number of carbonyl (C=O) groups is 1. The molecule has 0 aromatic rings. The Kier molecular flexibility index (Phi) is 1.47. The molecule has 2 heteroatoms. The Morgan fingerprint density at radius 1 is 1.62 bits per heavy atom. The third kappa shape index (κ3) is 0.812. The smallest absolute Gasteiger partial charge is 0.0517 e. The molecule has 2 rings (SSSR count). The van der Waals surface area contributed by atoms with Crippen molar-refractivity contribution in [2.45, 2.75) is 33.1 Å². The standard InChI is InChI=1S/C11H16O2/c1-7-10(2,3)8-4-5-11(7,6-8)9(12)13/h8H,1,4-6H2,2-3H3,(H,12,13)/p-1/t8-,11-/m1/s1. The number of carboxylic acids is 1. The molecule has 2 saturated carbocycles. The maximum absolute atomic E-state index is 11.1. The SMILES string of the molecule is C=C1C(C)(C)[C@@H]2CC[C@@]1(C(=O)[O-])C2. The first-order valence-corrected chi connectivity index (χ1v) is 4.82. The zero-order valence-electron chi connectivity index (χ0n) is 8.22. The maximum atomic E-state index is 11.1. The lowest BCUT2D eigenvalue weighted by molar-refractivity contribution is -0.316. The van der Waals surface area contributed by atoms with Crippen LogP contribution in [0.25, 0.3) is 0 Å². The number of hydrogen-bond acceptors (Lipinski definition) is 2. The number of carbonyl (C=O) groups excluding carboxylic acids is 1. The predicted octanol–water partition coefficient (Wildman–Crippen LogP) is 1.12. The Bertz CT molecular complexity index is 290. The van der Waals surface area contributed by atoms with Crippen molar-refractivity contribution < 1.29 is 9.90 Å². The molecule has 0 aromatic heterocycles. The molecule has 2 bridgehead atoms. The Labute approximate surface area is 78.6 Å². The zero-order valence-corrected chi connectivity index (χ0v) is 8.22. The van der Waals surface area contributed by atoms with Gasteiger partial charge in [0.05, 0.1) is 5.97 Å². The van der Waals surface area contributed by atoms with Crippen LogP contribution in [0, 0.1) is 16.7 Å². The molecule has 13 heavy (non-hydrogen) atoms. The van der Waals surface area contributed by atoms with Crippen molar-refractivity contribution in [3.05, 3.63) is 12.2 Å². The zero-order chi connectivity index (χ0) is 9.85. The van der Waals surface area contributed by atoms with Crippen molar-refractivity contribution in [3.8, 4) is 0 Å². The molecule has 0 heterocycles. The molecule has 0 unspecified atom stereocenters. The van der Waals surface area contributed by atoms with E-state index in [1.165, 1.54) is 0 Å². The van der Waals surface area contributed by atoms with Crippen molar-refractivity contribution in [1.82, 2.24) is 0 Å². The van der Waals surface area contributed by atoms with Crippen LogP contribution in [0.1, 0.15) is 33.1 Å². The molecule has 2 fully saturated rings. The molecule has 0 aliphatic heterocycles. The second kappa shape index (κ2) is 2.17. The molecule has 0 amide bonds. The van der Waals surface area contributed by atoms with E-state index in [0.29, 0.717) is 5.92 Å². The summed E-state index contributed by atoms with van der Waals surface area (Å²) >= 11 is 0. The van der Waals surface area contributed by atoms with E-state index in [0.717, 1.165) is 24.8 Å². The summed E-state index contributed by atoms with van der Waals surface area (Å²) in [6.45, 7) is 8.16. The molecule has 72 valence electrons. The normalized spacial score (nSPS) is 41.1. The summed E-state index contributed by atoms with van der Waals surface area (Å²) in [6, 6.07) is 0. The van der Waals surface area contributed by atoms with Gasteiger partial charge >= 0.3 is 0 Å². The van der Waals surface area contributed by atoms with E-state index in [1.54, 1.807) is 0 Å². The van der Waals surface area contributed by atoms with E-state index in [1.807, 2.05) is 0 Å². The van der Waals surface area contributed by atoms with Gasteiger partial charge in [-0.05, 0) is 30.6 Å². The summed E-state index contributed by atoms with van der Waals surface area (Å²) in [6.07, 6.45) is 2.50. The van der Waals surface area contributed by atoms with Gasteiger partial charge in [-0.2, -0.15) is 0 Å². The van der Waals surface area contributed by atoms with Crippen LogP contribution < -0.4 is 5.11 Å². The van der Waals surface area contributed by atoms with Gasteiger partial charge in [0.25, 0.3) is 0 Å². The summed E-state index contributed by atoms with van der Waals surface area (Å²) in [7, 11) is 0. The molecule has 2 aliphatic carbocycles. The van der Waals surface area contributed by atoms with Crippen LogP contribution in [-0.2, 0) is 4.79 Å². The Morgan fingerprint density at radius 3 is 2.54 bits per heavy atom. The molecule has 0 saturated heterocycles. The number of rotatable bonds is 1. The highest BCUT2D eigenvalue weighted by atomic mass is 16.4. The minimum atomic E-state index is -0.912. The fraction of sp³-hybridized carbons (Fsp3) is 0.727. The van der Waals surface area contributed by atoms with Crippen molar-refractivity contribution in [2.24, 2.45) is 16.7 Å². The minimum Gasteiger partial charge on any atom is -0.549 e. The van der Waals surface area contributed by atoms with E-state index in [4.69, 9.17) is 0 Å². The Morgan fingerprint density at radius 2 is 2.23 bits per heavy atom. The monoisotopic (exact) mass is 179 g/mol. The molecule has 0 spiro atoms. The van der Waals surface area contributed by atoms with Crippen LogP contribution >= 0.6 is 0 Å².